The van der Waals surface area contributed by atoms with Gasteiger partial charge in [-0.05, 0) is 35.2 Å². The van der Waals surface area contributed by atoms with E-state index < -0.39 is 0 Å². The molecule has 7 heteroatoms. The summed E-state index contributed by atoms with van der Waals surface area (Å²) in [6, 6.07) is 13.5. The molecule has 0 amide bonds. The number of guanidine groups is 1. The molecule has 28 heavy (non-hydrogen) atoms. The summed E-state index contributed by atoms with van der Waals surface area (Å²) >= 11 is 0. The number of imidazole rings is 1. The monoisotopic (exact) mass is 493 g/mol. The lowest BCUT2D eigenvalue weighted by molar-refractivity contribution is 0.617. The third kappa shape index (κ3) is 6.33. The first-order chi connectivity index (χ1) is 13.1. The van der Waals surface area contributed by atoms with Gasteiger partial charge in [-0.1, -0.05) is 36.4 Å². The summed E-state index contributed by atoms with van der Waals surface area (Å²) in [6.07, 6.45) is 5.55. The molecule has 0 bridgehead atoms. The van der Waals surface area contributed by atoms with Gasteiger partial charge in [0.25, 0.3) is 0 Å². The van der Waals surface area contributed by atoms with E-state index in [0.29, 0.717) is 24.6 Å². The first kappa shape index (κ1) is 21.9. The summed E-state index contributed by atoms with van der Waals surface area (Å²) in [7, 11) is 1.74. The lowest BCUT2D eigenvalue weighted by Gasteiger charge is -2.13. The highest BCUT2D eigenvalue weighted by atomic mass is 127. The van der Waals surface area contributed by atoms with E-state index in [1.54, 1.807) is 26.2 Å². The van der Waals surface area contributed by atoms with Crippen molar-refractivity contribution in [1.82, 2.24) is 20.2 Å². The molecule has 1 aromatic heterocycles. The molecule has 148 valence electrons. The minimum atomic E-state index is -0.183. The van der Waals surface area contributed by atoms with Crippen molar-refractivity contribution in [2.75, 3.05) is 7.05 Å². The zero-order chi connectivity index (χ0) is 19.1. The third-order valence-corrected chi connectivity index (χ3v) is 4.28. The van der Waals surface area contributed by atoms with E-state index in [4.69, 9.17) is 0 Å². The summed E-state index contributed by atoms with van der Waals surface area (Å²) in [5.41, 5.74) is 4.05. The maximum atomic E-state index is 13.4. The van der Waals surface area contributed by atoms with Crippen LogP contribution in [-0.2, 0) is 19.6 Å². The van der Waals surface area contributed by atoms with E-state index in [0.717, 1.165) is 12.1 Å². The molecular weight excluding hydrogens is 468 g/mol. The van der Waals surface area contributed by atoms with Crippen LogP contribution in [0.2, 0.25) is 0 Å². The molecule has 0 fully saturated rings. The van der Waals surface area contributed by atoms with Crippen LogP contribution in [0.3, 0.4) is 0 Å². The Kier molecular flexibility index (Phi) is 8.43. The average Bonchev–Trinajstić information content (AvgIpc) is 3.18. The second-order valence-corrected chi connectivity index (χ2v) is 6.42. The number of aryl methyl sites for hydroxylation is 1. The molecule has 0 saturated carbocycles. The van der Waals surface area contributed by atoms with Gasteiger partial charge in [-0.25, -0.2) is 9.37 Å². The van der Waals surface area contributed by atoms with Gasteiger partial charge in [-0.2, -0.15) is 0 Å². The Balaban J connectivity index is 0.00000280. The molecule has 2 aromatic carbocycles. The molecule has 0 radical (unpaired) electrons. The first-order valence-electron chi connectivity index (χ1n) is 8.87. The number of rotatable bonds is 6. The van der Waals surface area contributed by atoms with Crippen LogP contribution in [0.4, 0.5) is 4.39 Å². The van der Waals surface area contributed by atoms with Gasteiger partial charge in [0.15, 0.2) is 5.96 Å². The molecule has 2 N–H and O–H groups in total. The summed E-state index contributed by atoms with van der Waals surface area (Å²) in [4.78, 5) is 8.32. The third-order valence-electron chi connectivity index (χ3n) is 4.28. The Morgan fingerprint density at radius 1 is 1.07 bits per heavy atom. The summed E-state index contributed by atoms with van der Waals surface area (Å²) in [5.74, 6) is 0.522. The number of aliphatic imine (C=N–C) groups is 1. The Hall–Kier alpha value is -2.42. The molecule has 0 atom stereocenters. The van der Waals surface area contributed by atoms with Crippen molar-refractivity contribution in [3.05, 3.63) is 89.3 Å². The number of halogens is 2. The summed E-state index contributed by atoms with van der Waals surface area (Å²) < 4.78 is 15.4. The number of hydrogen-bond acceptors (Lipinski definition) is 2. The van der Waals surface area contributed by atoms with Crippen molar-refractivity contribution in [1.29, 1.82) is 0 Å². The molecule has 0 unspecified atom stereocenters. The van der Waals surface area contributed by atoms with E-state index in [-0.39, 0.29) is 29.8 Å². The highest BCUT2D eigenvalue weighted by molar-refractivity contribution is 14.0. The second-order valence-electron chi connectivity index (χ2n) is 6.42. The van der Waals surface area contributed by atoms with Crippen molar-refractivity contribution in [2.45, 2.75) is 26.6 Å². The van der Waals surface area contributed by atoms with Gasteiger partial charge in [-0.15, -0.1) is 24.0 Å². The zero-order valence-electron chi connectivity index (χ0n) is 16.0. The van der Waals surface area contributed by atoms with Gasteiger partial charge in [0.1, 0.15) is 5.82 Å². The zero-order valence-corrected chi connectivity index (χ0v) is 18.4. The average molecular weight is 493 g/mol. The standard InChI is InChI=1S/C21H24FN5.HI/c1-16-10-18(6-7-20(16)22)13-26-21(23-2)25-12-17-4-3-5-19(11-17)14-27-9-8-24-15-27;/h3-11,15H,12-14H2,1-2H3,(H2,23,25,26);1H. The molecule has 3 aromatic rings. The lowest BCUT2D eigenvalue weighted by Crippen LogP contribution is -2.36. The predicted octanol–water partition coefficient (Wildman–Crippen LogP) is 3.86. The van der Waals surface area contributed by atoms with E-state index in [9.17, 15) is 4.39 Å². The van der Waals surface area contributed by atoms with Crippen LogP contribution in [0.25, 0.3) is 0 Å². The lowest BCUT2D eigenvalue weighted by atomic mass is 10.1. The minimum Gasteiger partial charge on any atom is -0.352 e. The van der Waals surface area contributed by atoms with Crippen LogP contribution in [0.5, 0.6) is 0 Å². The molecule has 5 nitrogen and oxygen atoms in total. The SMILES string of the molecule is CN=C(NCc1cccc(Cn2ccnc2)c1)NCc1ccc(F)c(C)c1.I. The Bertz CT molecular complexity index is 909. The van der Waals surface area contributed by atoms with Crippen molar-refractivity contribution in [3.8, 4) is 0 Å². The molecular formula is C21H25FIN5. The van der Waals surface area contributed by atoms with Gasteiger partial charge >= 0.3 is 0 Å². The molecule has 0 aliphatic carbocycles. The van der Waals surface area contributed by atoms with E-state index in [2.05, 4.69) is 44.9 Å². The van der Waals surface area contributed by atoms with Crippen LogP contribution in [0, 0.1) is 12.7 Å². The van der Waals surface area contributed by atoms with Crippen molar-refractivity contribution < 1.29 is 4.39 Å². The molecule has 0 saturated heterocycles. The van der Waals surface area contributed by atoms with Crippen molar-refractivity contribution >= 4 is 29.9 Å². The number of nitrogens with zero attached hydrogens (tertiary/aromatic N) is 3. The van der Waals surface area contributed by atoms with E-state index in [1.165, 1.54) is 17.2 Å². The number of hydrogen-bond donors (Lipinski definition) is 2. The Morgan fingerprint density at radius 2 is 1.79 bits per heavy atom. The fraction of sp³-hybridized carbons (Fsp3) is 0.238. The van der Waals surface area contributed by atoms with Gasteiger partial charge in [0.2, 0.25) is 0 Å². The maximum absolute atomic E-state index is 13.4. The highest BCUT2D eigenvalue weighted by Crippen LogP contribution is 2.09. The molecule has 0 aliphatic heterocycles. The molecule has 3 rings (SSSR count). The largest absolute Gasteiger partial charge is 0.352 e. The van der Waals surface area contributed by atoms with Crippen LogP contribution in [0.1, 0.15) is 22.3 Å². The Morgan fingerprint density at radius 3 is 2.43 bits per heavy atom. The number of nitrogens with one attached hydrogen (secondary N) is 2. The summed E-state index contributed by atoms with van der Waals surface area (Å²) in [6.45, 7) is 3.81. The highest BCUT2D eigenvalue weighted by Gasteiger charge is 2.03. The van der Waals surface area contributed by atoms with Crippen LogP contribution in [0.15, 0.2) is 66.2 Å². The fourth-order valence-electron chi connectivity index (χ4n) is 2.84. The van der Waals surface area contributed by atoms with Crippen molar-refractivity contribution in [2.24, 2.45) is 4.99 Å². The van der Waals surface area contributed by atoms with Gasteiger partial charge < -0.3 is 15.2 Å². The topological polar surface area (TPSA) is 54.2 Å². The van der Waals surface area contributed by atoms with E-state index >= 15 is 0 Å². The first-order valence-corrected chi connectivity index (χ1v) is 8.87. The molecule has 1 heterocycles. The fourth-order valence-corrected chi connectivity index (χ4v) is 2.84. The molecule has 0 aliphatic rings. The van der Waals surface area contributed by atoms with Gasteiger partial charge in [-0.3, -0.25) is 4.99 Å². The van der Waals surface area contributed by atoms with Crippen LogP contribution >= 0.6 is 24.0 Å². The predicted molar refractivity (Wildman–Crippen MR) is 121 cm³/mol. The normalized spacial score (nSPS) is 11.0. The smallest absolute Gasteiger partial charge is 0.191 e. The maximum Gasteiger partial charge on any atom is 0.191 e. The number of benzene rings is 2. The Labute approximate surface area is 182 Å². The van der Waals surface area contributed by atoms with Crippen molar-refractivity contribution in [3.63, 3.8) is 0 Å². The quantitative estimate of drug-likeness (QED) is 0.312. The van der Waals surface area contributed by atoms with Gasteiger partial charge in [0, 0.05) is 39.1 Å². The molecule has 0 spiro atoms. The van der Waals surface area contributed by atoms with Crippen LogP contribution < -0.4 is 10.6 Å². The second kappa shape index (κ2) is 10.8. The van der Waals surface area contributed by atoms with E-state index in [1.807, 2.05) is 23.2 Å². The minimum absolute atomic E-state index is 0. The van der Waals surface area contributed by atoms with Gasteiger partial charge in [0.05, 0.1) is 6.33 Å². The number of aromatic nitrogens is 2. The summed E-state index contributed by atoms with van der Waals surface area (Å²) in [5, 5.41) is 6.57. The van der Waals surface area contributed by atoms with Crippen LogP contribution in [-0.4, -0.2) is 22.6 Å².